The number of nitrogens with zero attached hydrogens (tertiary/aromatic N) is 1. The van der Waals surface area contributed by atoms with E-state index in [4.69, 9.17) is 9.40 Å². The third-order valence-corrected chi connectivity index (χ3v) is 6.10. The Morgan fingerprint density at radius 2 is 1.74 bits per heavy atom. The predicted octanol–water partition coefficient (Wildman–Crippen LogP) is 7.23. The van der Waals surface area contributed by atoms with Crippen LogP contribution in [0.5, 0.6) is 0 Å². The highest BCUT2D eigenvalue weighted by Gasteiger charge is 2.37. The minimum atomic E-state index is -0.202. The van der Waals surface area contributed by atoms with Crippen LogP contribution in [0.1, 0.15) is 70.9 Å². The van der Waals surface area contributed by atoms with Crippen molar-refractivity contribution in [3.63, 3.8) is 0 Å². The Hall–Kier alpha value is -2.35. The van der Waals surface area contributed by atoms with Crippen LogP contribution >= 0.6 is 0 Å². The first-order valence-electron chi connectivity index (χ1n) is 9.69. The molecule has 0 amide bonds. The van der Waals surface area contributed by atoms with E-state index in [9.17, 15) is 0 Å². The smallest absolute Gasteiger partial charge is 0.142 e. The number of aryl methyl sites for hydroxylation is 1. The van der Waals surface area contributed by atoms with Gasteiger partial charge in [0.25, 0.3) is 0 Å². The number of aromatic nitrogens is 1. The van der Waals surface area contributed by atoms with Crippen molar-refractivity contribution in [1.82, 2.24) is 4.98 Å². The molecule has 3 aromatic rings. The van der Waals surface area contributed by atoms with Gasteiger partial charge < -0.3 is 4.42 Å². The summed E-state index contributed by atoms with van der Waals surface area (Å²) >= 11 is 0. The zero-order valence-corrected chi connectivity index (χ0v) is 17.8. The largest absolute Gasteiger partial charge is 0.455 e. The molecule has 0 atom stereocenters. The van der Waals surface area contributed by atoms with E-state index in [1.807, 2.05) is 6.20 Å². The van der Waals surface area contributed by atoms with Crippen LogP contribution in [0.4, 0.5) is 0 Å². The monoisotopic (exact) mass is 359 g/mol. The van der Waals surface area contributed by atoms with Crippen molar-refractivity contribution in [1.29, 1.82) is 0 Å². The van der Waals surface area contributed by atoms with E-state index >= 15 is 0 Å². The van der Waals surface area contributed by atoms with Crippen molar-refractivity contribution in [2.75, 3.05) is 0 Å². The van der Waals surface area contributed by atoms with Gasteiger partial charge in [0.15, 0.2) is 0 Å². The minimum absolute atomic E-state index is 0.000696. The topological polar surface area (TPSA) is 26.0 Å². The molecule has 0 fully saturated rings. The van der Waals surface area contributed by atoms with Crippen LogP contribution in [0.2, 0.25) is 0 Å². The van der Waals surface area contributed by atoms with Crippen LogP contribution in [0.25, 0.3) is 27.5 Å². The molecule has 0 unspecified atom stereocenters. The third kappa shape index (κ3) is 2.29. The molecule has 2 nitrogen and oxygen atoms in total. The third-order valence-electron chi connectivity index (χ3n) is 6.10. The summed E-state index contributed by atoms with van der Waals surface area (Å²) in [7, 11) is 0. The van der Waals surface area contributed by atoms with Gasteiger partial charge >= 0.3 is 0 Å². The Labute approximate surface area is 162 Å². The summed E-state index contributed by atoms with van der Waals surface area (Å²) < 4.78 is 6.56. The molecule has 0 aliphatic heterocycles. The van der Waals surface area contributed by atoms with Gasteiger partial charge in [-0.25, -0.2) is 0 Å². The summed E-state index contributed by atoms with van der Waals surface area (Å²) in [6, 6.07) is 4.52. The number of pyridine rings is 1. The average Bonchev–Trinajstić information content (AvgIpc) is 2.92. The van der Waals surface area contributed by atoms with E-state index in [0.29, 0.717) is 0 Å². The molecule has 4 rings (SSSR count). The van der Waals surface area contributed by atoms with E-state index in [-0.39, 0.29) is 10.8 Å². The number of hydrogen-bond acceptors (Lipinski definition) is 2. The van der Waals surface area contributed by atoms with Crippen molar-refractivity contribution in [3.05, 3.63) is 58.4 Å². The fraction of sp³-hybridized carbons (Fsp3) is 0.400. The molecule has 0 radical (unpaired) electrons. The summed E-state index contributed by atoms with van der Waals surface area (Å²) in [5.74, 6) is 0. The first kappa shape index (κ1) is 18.0. The molecule has 1 aliphatic carbocycles. The maximum absolute atomic E-state index is 6.56. The fourth-order valence-electron chi connectivity index (χ4n) is 4.45. The molecule has 0 saturated heterocycles. The van der Waals surface area contributed by atoms with Crippen LogP contribution < -0.4 is 0 Å². The van der Waals surface area contributed by atoms with Gasteiger partial charge in [0, 0.05) is 33.7 Å². The predicted molar refractivity (Wildman–Crippen MR) is 115 cm³/mol. The van der Waals surface area contributed by atoms with Gasteiger partial charge in [-0.2, -0.15) is 0 Å². The molecule has 1 aliphatic rings. The highest BCUT2D eigenvalue weighted by Crippen LogP contribution is 2.51. The second-order valence-corrected chi connectivity index (χ2v) is 9.69. The van der Waals surface area contributed by atoms with E-state index in [1.165, 1.54) is 27.7 Å². The van der Waals surface area contributed by atoms with Crippen LogP contribution in [-0.2, 0) is 10.8 Å². The highest BCUT2D eigenvalue weighted by molar-refractivity contribution is 6.16. The highest BCUT2D eigenvalue weighted by atomic mass is 16.3. The molecule has 2 aromatic heterocycles. The molecule has 1 aromatic carbocycles. The zero-order valence-electron chi connectivity index (χ0n) is 17.8. The Kier molecular flexibility index (Phi) is 3.57. The number of benzene rings is 1. The molecular weight excluding hydrogens is 330 g/mol. The molecule has 0 N–H and O–H groups in total. The van der Waals surface area contributed by atoms with Gasteiger partial charge in [0.05, 0.1) is 11.1 Å². The molecule has 27 heavy (non-hydrogen) atoms. The van der Waals surface area contributed by atoms with Gasteiger partial charge in [-0.1, -0.05) is 58.9 Å². The summed E-state index contributed by atoms with van der Waals surface area (Å²) in [6.07, 6.45) is 1.94. The van der Waals surface area contributed by atoms with Gasteiger partial charge in [-0.05, 0) is 37.3 Å². The van der Waals surface area contributed by atoms with Crippen LogP contribution in [0.3, 0.4) is 0 Å². The lowest BCUT2D eigenvalue weighted by atomic mass is 9.73. The zero-order chi connectivity index (χ0) is 19.9. The van der Waals surface area contributed by atoms with E-state index < -0.39 is 0 Å². The molecular formula is C25H29NO. The van der Waals surface area contributed by atoms with Crippen molar-refractivity contribution in [2.24, 2.45) is 0 Å². The second kappa shape index (κ2) is 5.34. The SMILES string of the molecule is C=C1C(=C(C)C)c2ncc(C)c3oc4c(C(C)(C)C)ccc(c4c23)C1(C)C. The van der Waals surface area contributed by atoms with Crippen LogP contribution in [0.15, 0.2) is 40.5 Å². The number of hydrogen-bond donors (Lipinski definition) is 0. The van der Waals surface area contributed by atoms with Crippen molar-refractivity contribution in [2.45, 2.75) is 66.2 Å². The van der Waals surface area contributed by atoms with E-state index in [0.717, 1.165) is 33.4 Å². The maximum Gasteiger partial charge on any atom is 0.142 e. The fourth-order valence-corrected chi connectivity index (χ4v) is 4.45. The molecule has 140 valence electrons. The van der Waals surface area contributed by atoms with Gasteiger partial charge in [-0.15, -0.1) is 0 Å². The Bertz CT molecular complexity index is 1160. The van der Waals surface area contributed by atoms with E-state index in [2.05, 4.69) is 74.1 Å². The number of allylic oxidation sites excluding steroid dienone is 3. The lowest BCUT2D eigenvalue weighted by molar-refractivity contribution is 0.570. The standard InChI is InChI=1S/C25H29NO/c1-13(2)18-15(4)25(8,9)16-10-11-17(24(5,6)7)23-19(16)20-21(18)26-12-14(3)22(20)27-23/h10-12H,4H2,1-3,5-9H3. The second-order valence-electron chi connectivity index (χ2n) is 9.69. The summed E-state index contributed by atoms with van der Waals surface area (Å²) in [5, 5.41) is 2.36. The van der Waals surface area contributed by atoms with Gasteiger partial charge in [0.2, 0.25) is 0 Å². The average molecular weight is 360 g/mol. The Morgan fingerprint density at radius 3 is 2.33 bits per heavy atom. The molecule has 0 spiro atoms. The first-order chi connectivity index (χ1) is 12.5. The quantitative estimate of drug-likeness (QED) is 0.423. The summed E-state index contributed by atoms with van der Waals surface area (Å²) in [6.45, 7) is 22.2. The number of furan rings is 1. The van der Waals surface area contributed by atoms with Crippen molar-refractivity contribution < 1.29 is 4.42 Å². The van der Waals surface area contributed by atoms with Crippen molar-refractivity contribution >= 4 is 27.5 Å². The normalized spacial score (nSPS) is 16.4. The lowest BCUT2D eigenvalue weighted by Crippen LogP contribution is -2.21. The first-order valence-corrected chi connectivity index (χ1v) is 9.69. The van der Waals surface area contributed by atoms with E-state index in [1.54, 1.807) is 0 Å². The Balaban J connectivity index is 2.36. The minimum Gasteiger partial charge on any atom is -0.455 e. The molecule has 2 heteroatoms. The Morgan fingerprint density at radius 1 is 1.07 bits per heavy atom. The van der Waals surface area contributed by atoms with Crippen LogP contribution in [-0.4, -0.2) is 4.98 Å². The van der Waals surface area contributed by atoms with Crippen LogP contribution in [0, 0.1) is 6.92 Å². The van der Waals surface area contributed by atoms with Gasteiger partial charge in [0.1, 0.15) is 11.2 Å². The van der Waals surface area contributed by atoms with Crippen molar-refractivity contribution in [3.8, 4) is 0 Å². The lowest BCUT2D eigenvalue weighted by Gasteiger charge is -2.30. The molecule has 2 heterocycles. The molecule has 0 saturated carbocycles. The number of rotatable bonds is 0. The summed E-state index contributed by atoms with van der Waals surface area (Å²) in [4.78, 5) is 4.88. The summed E-state index contributed by atoms with van der Waals surface area (Å²) in [5.41, 5.74) is 9.90. The maximum atomic E-state index is 6.56. The van der Waals surface area contributed by atoms with Gasteiger partial charge in [-0.3, -0.25) is 4.98 Å². The molecule has 0 bridgehead atoms.